The zero-order valence-electron chi connectivity index (χ0n) is 17.7. The van der Waals surface area contributed by atoms with E-state index in [2.05, 4.69) is 20.4 Å². The van der Waals surface area contributed by atoms with Crippen molar-refractivity contribution in [1.82, 2.24) is 9.97 Å². The lowest BCUT2D eigenvalue weighted by Crippen LogP contribution is -2.14. The summed E-state index contributed by atoms with van der Waals surface area (Å²) in [7, 11) is -2.72. The molecular weight excluding hydrogens is 498 g/mol. The average molecular weight is 519 g/mol. The molecule has 0 bridgehead atoms. The van der Waals surface area contributed by atoms with Gasteiger partial charge in [0.25, 0.3) is 0 Å². The quantitative estimate of drug-likeness (QED) is 0.246. The van der Waals surface area contributed by atoms with Crippen LogP contribution in [-0.2, 0) is 17.3 Å². The number of aromatic nitrogens is 2. The molecular formula is C23H20F2N4O2S3. The first-order valence-electron chi connectivity index (χ1n) is 10.6. The van der Waals surface area contributed by atoms with Crippen LogP contribution in [0.25, 0.3) is 11.3 Å². The number of hydrogen-bond donors (Lipinski definition) is 3. The fourth-order valence-electron chi connectivity index (χ4n) is 3.57. The molecule has 176 valence electrons. The van der Waals surface area contributed by atoms with E-state index in [-0.39, 0.29) is 11.6 Å². The van der Waals surface area contributed by atoms with Crippen molar-refractivity contribution in [3.8, 4) is 11.3 Å². The molecule has 6 nitrogen and oxygen atoms in total. The Hall–Kier alpha value is -2.89. The van der Waals surface area contributed by atoms with Gasteiger partial charge < -0.3 is 5.32 Å². The molecule has 0 spiro atoms. The SMILES string of the molecule is O=[SH](=O)Nc1ccc(C[C@H](Nc2nc(-c3ccc(F)cc3F)cs2)c2csc(C3CC3)n2)cc1. The van der Waals surface area contributed by atoms with E-state index >= 15 is 0 Å². The van der Waals surface area contributed by atoms with Gasteiger partial charge >= 0.3 is 0 Å². The van der Waals surface area contributed by atoms with E-state index in [1.165, 1.54) is 36.3 Å². The Bertz CT molecular complexity index is 1370. The average Bonchev–Trinajstić information content (AvgIpc) is 3.34. The standard InChI is InChI=1S/C23H20F2N4O2S3/c24-15-5-8-17(18(25)10-15)20-11-33-23(28-20)27-19(21-12-32-22(26-21)14-3-4-14)9-13-1-6-16(7-2-13)29-34(30)31/h1-2,5-8,10-12,14,19,34H,3-4,9H2,(H,27,28)(H,29,30,31)/t19-/m0/s1. The molecule has 1 saturated carbocycles. The minimum Gasteiger partial charge on any atom is -0.353 e. The zero-order chi connectivity index (χ0) is 23.7. The predicted octanol–water partition coefficient (Wildman–Crippen LogP) is 5.76. The first-order valence-corrected chi connectivity index (χ1v) is 13.5. The second kappa shape index (κ2) is 9.77. The molecule has 0 radical (unpaired) electrons. The Morgan fingerprint density at radius 3 is 2.53 bits per heavy atom. The van der Waals surface area contributed by atoms with Crippen molar-refractivity contribution < 1.29 is 17.2 Å². The van der Waals surface area contributed by atoms with E-state index in [0.717, 1.165) is 22.3 Å². The Morgan fingerprint density at radius 2 is 1.82 bits per heavy atom. The molecule has 11 heteroatoms. The molecule has 1 atom stereocenters. The van der Waals surface area contributed by atoms with Crippen LogP contribution in [0.1, 0.15) is 41.1 Å². The number of thiazole rings is 2. The first kappa shape index (κ1) is 22.9. The Kier molecular flexibility index (Phi) is 6.57. The van der Waals surface area contributed by atoms with Gasteiger partial charge in [-0.25, -0.2) is 27.2 Å². The second-order valence-electron chi connectivity index (χ2n) is 8.01. The highest BCUT2D eigenvalue weighted by Crippen LogP contribution is 2.42. The van der Waals surface area contributed by atoms with Crippen molar-refractivity contribution >= 4 is 44.4 Å². The minimum atomic E-state index is -2.72. The summed E-state index contributed by atoms with van der Waals surface area (Å²) < 4.78 is 51.6. The van der Waals surface area contributed by atoms with Gasteiger partial charge in [-0.05, 0) is 49.1 Å². The number of nitrogens with zero attached hydrogens (tertiary/aromatic N) is 2. The maximum absolute atomic E-state index is 14.2. The summed E-state index contributed by atoms with van der Waals surface area (Å²) >= 11 is 2.99. The highest BCUT2D eigenvalue weighted by atomic mass is 32.2. The third-order valence-corrected chi connectivity index (χ3v) is 7.69. The van der Waals surface area contributed by atoms with Crippen LogP contribution in [0, 0.1) is 11.6 Å². The van der Waals surface area contributed by atoms with Crippen LogP contribution >= 0.6 is 22.7 Å². The largest absolute Gasteiger partial charge is 0.353 e. The fraction of sp³-hybridized carbons (Fsp3) is 0.217. The number of thiol groups is 1. The van der Waals surface area contributed by atoms with Crippen LogP contribution in [0.2, 0.25) is 0 Å². The van der Waals surface area contributed by atoms with E-state index in [4.69, 9.17) is 4.98 Å². The Balaban J connectivity index is 1.39. The maximum atomic E-state index is 14.2. The molecule has 5 rings (SSSR count). The summed E-state index contributed by atoms with van der Waals surface area (Å²) in [5, 5.41) is 8.95. The van der Waals surface area contributed by atoms with Gasteiger partial charge in [0.2, 0.25) is 10.9 Å². The van der Waals surface area contributed by atoms with Crippen molar-refractivity contribution in [1.29, 1.82) is 0 Å². The van der Waals surface area contributed by atoms with Crippen molar-refractivity contribution in [2.45, 2.75) is 31.2 Å². The molecule has 0 aliphatic heterocycles. The lowest BCUT2D eigenvalue weighted by Gasteiger charge is -2.17. The number of rotatable bonds is 9. The lowest BCUT2D eigenvalue weighted by atomic mass is 10.0. The van der Waals surface area contributed by atoms with E-state index < -0.39 is 22.5 Å². The van der Waals surface area contributed by atoms with Crippen LogP contribution in [-0.4, -0.2) is 18.4 Å². The summed E-state index contributed by atoms with van der Waals surface area (Å²) in [6, 6.07) is 10.4. The normalized spacial score (nSPS) is 14.3. The predicted molar refractivity (Wildman–Crippen MR) is 132 cm³/mol. The third kappa shape index (κ3) is 5.43. The van der Waals surface area contributed by atoms with Gasteiger partial charge in [0.15, 0.2) is 5.13 Å². The van der Waals surface area contributed by atoms with Crippen LogP contribution in [0.15, 0.2) is 53.2 Å². The molecule has 2 aromatic heterocycles. The third-order valence-electron chi connectivity index (χ3n) is 5.45. The number of halogens is 2. The summed E-state index contributed by atoms with van der Waals surface area (Å²) in [6.07, 6.45) is 2.93. The molecule has 2 N–H and O–H groups in total. The molecule has 0 saturated heterocycles. The minimum absolute atomic E-state index is 0.184. The summed E-state index contributed by atoms with van der Waals surface area (Å²) in [5.41, 5.74) is 3.07. The van der Waals surface area contributed by atoms with Gasteiger partial charge in [-0.3, -0.25) is 4.72 Å². The van der Waals surface area contributed by atoms with E-state index in [0.29, 0.717) is 28.9 Å². The Labute approximate surface area is 204 Å². The van der Waals surface area contributed by atoms with Crippen LogP contribution in [0.3, 0.4) is 0 Å². The Morgan fingerprint density at radius 1 is 1.03 bits per heavy atom. The van der Waals surface area contributed by atoms with Crippen molar-refractivity contribution in [2.75, 3.05) is 10.0 Å². The van der Waals surface area contributed by atoms with Crippen molar-refractivity contribution in [3.63, 3.8) is 0 Å². The molecule has 1 fully saturated rings. The van der Waals surface area contributed by atoms with Crippen molar-refractivity contribution in [2.24, 2.45) is 0 Å². The van der Waals surface area contributed by atoms with Crippen molar-refractivity contribution in [3.05, 3.63) is 81.1 Å². The van der Waals surface area contributed by atoms with Gasteiger partial charge in [0, 0.05) is 34.0 Å². The zero-order valence-corrected chi connectivity index (χ0v) is 20.2. The summed E-state index contributed by atoms with van der Waals surface area (Å²) in [6.45, 7) is 0. The lowest BCUT2D eigenvalue weighted by molar-refractivity contribution is 0.585. The fourth-order valence-corrected chi connectivity index (χ4v) is 5.74. The number of benzene rings is 2. The summed E-state index contributed by atoms with van der Waals surface area (Å²) in [5.74, 6) is -0.740. The highest BCUT2D eigenvalue weighted by Gasteiger charge is 2.28. The molecule has 2 aromatic carbocycles. The molecule has 1 aliphatic carbocycles. The van der Waals surface area contributed by atoms with E-state index in [9.17, 15) is 17.2 Å². The number of hydrogen-bond acceptors (Lipinski definition) is 7. The number of anilines is 2. The van der Waals surface area contributed by atoms with Crippen LogP contribution < -0.4 is 10.0 Å². The smallest absolute Gasteiger partial charge is 0.222 e. The first-order chi connectivity index (χ1) is 16.4. The molecule has 4 aromatic rings. The molecule has 34 heavy (non-hydrogen) atoms. The maximum Gasteiger partial charge on any atom is 0.222 e. The van der Waals surface area contributed by atoms with Gasteiger partial charge in [0.05, 0.1) is 22.4 Å². The van der Waals surface area contributed by atoms with Gasteiger partial charge in [-0.15, -0.1) is 22.7 Å². The molecule has 0 amide bonds. The highest BCUT2D eigenvalue weighted by molar-refractivity contribution is 7.73. The molecule has 0 unspecified atom stereocenters. The van der Waals surface area contributed by atoms with E-state index in [1.54, 1.807) is 28.8 Å². The molecule has 2 heterocycles. The molecule has 1 aliphatic rings. The van der Waals surface area contributed by atoms with Crippen LogP contribution in [0.5, 0.6) is 0 Å². The summed E-state index contributed by atoms with van der Waals surface area (Å²) in [4.78, 5) is 9.37. The second-order valence-corrected chi connectivity index (χ2v) is 10.5. The topological polar surface area (TPSA) is 84.0 Å². The monoisotopic (exact) mass is 518 g/mol. The number of nitrogens with one attached hydrogen (secondary N) is 2. The van der Waals surface area contributed by atoms with Crippen LogP contribution in [0.4, 0.5) is 19.6 Å². The van der Waals surface area contributed by atoms with E-state index in [1.807, 2.05) is 12.1 Å². The van der Waals surface area contributed by atoms with Gasteiger partial charge in [0.1, 0.15) is 11.6 Å². The van der Waals surface area contributed by atoms with Gasteiger partial charge in [-0.2, -0.15) is 0 Å². The van der Waals surface area contributed by atoms with Gasteiger partial charge in [-0.1, -0.05) is 12.1 Å².